The van der Waals surface area contributed by atoms with Crippen molar-refractivity contribution in [3.8, 4) is 11.5 Å². The van der Waals surface area contributed by atoms with Crippen molar-refractivity contribution in [1.82, 2.24) is 0 Å². The van der Waals surface area contributed by atoms with Crippen LogP contribution in [0.15, 0.2) is 18.2 Å². The summed E-state index contributed by atoms with van der Waals surface area (Å²) in [5, 5.41) is 9.87. The van der Waals surface area contributed by atoms with Gasteiger partial charge in [-0.25, -0.2) is 0 Å². The fourth-order valence-electron chi connectivity index (χ4n) is 2.33. The van der Waals surface area contributed by atoms with E-state index in [2.05, 4.69) is 0 Å². The molecule has 0 bridgehead atoms. The van der Waals surface area contributed by atoms with Gasteiger partial charge in [0.25, 0.3) is 0 Å². The lowest BCUT2D eigenvalue weighted by molar-refractivity contribution is 0.154. The van der Waals surface area contributed by atoms with Gasteiger partial charge in [0.1, 0.15) is 11.5 Å². The highest BCUT2D eigenvalue weighted by molar-refractivity contribution is 5.59. The first-order valence-electron chi connectivity index (χ1n) is 6.34. The number of hydrogen-bond acceptors (Lipinski definition) is 3. The summed E-state index contributed by atoms with van der Waals surface area (Å²) in [5.41, 5.74) is 0.820. The van der Waals surface area contributed by atoms with Gasteiger partial charge in [0.2, 0.25) is 0 Å². The molecule has 0 heterocycles. The Kier molecular flexibility index (Phi) is 3.77. The molecule has 2 rings (SSSR count). The van der Waals surface area contributed by atoms with Crippen molar-refractivity contribution in [1.29, 1.82) is 0 Å². The zero-order valence-electron chi connectivity index (χ0n) is 10.6. The van der Waals surface area contributed by atoms with Crippen molar-refractivity contribution < 1.29 is 9.84 Å². The van der Waals surface area contributed by atoms with Crippen LogP contribution in [0.5, 0.6) is 11.5 Å². The second-order valence-electron chi connectivity index (χ2n) is 4.92. The Hall–Kier alpha value is -1.38. The average Bonchev–Trinajstić information content (AvgIpc) is 2.30. The van der Waals surface area contributed by atoms with Gasteiger partial charge >= 0.3 is 0 Å². The fraction of sp³-hybridized carbons (Fsp3) is 0.571. The Morgan fingerprint density at radius 2 is 1.88 bits per heavy atom. The smallest absolute Gasteiger partial charge is 0.142 e. The number of aromatic hydroxyl groups is 1. The molecular weight excluding hydrogens is 214 g/mol. The number of nitrogens with zero attached hydrogens (tertiary/aromatic N) is 1. The van der Waals surface area contributed by atoms with Gasteiger partial charge < -0.3 is 14.7 Å². The zero-order valence-corrected chi connectivity index (χ0v) is 10.6. The number of phenols is 1. The standard InChI is InChI=1S/C14H21NO2/c1-15(2)13-9-8-12(10-14(13)16)17-11-6-4-3-5-7-11/h8-11,16H,3-7H2,1-2H3. The van der Waals surface area contributed by atoms with E-state index in [0.717, 1.165) is 24.3 Å². The summed E-state index contributed by atoms with van der Waals surface area (Å²) in [4.78, 5) is 1.89. The summed E-state index contributed by atoms with van der Waals surface area (Å²) in [7, 11) is 3.83. The largest absolute Gasteiger partial charge is 0.506 e. The van der Waals surface area contributed by atoms with Crippen LogP contribution in [0.3, 0.4) is 0 Å². The molecule has 0 unspecified atom stereocenters. The van der Waals surface area contributed by atoms with Crippen LogP contribution in [0.4, 0.5) is 5.69 Å². The summed E-state index contributed by atoms with van der Waals surface area (Å²) in [6.45, 7) is 0. The SMILES string of the molecule is CN(C)c1ccc(OC2CCCCC2)cc1O. The molecule has 1 aromatic carbocycles. The maximum atomic E-state index is 9.87. The van der Waals surface area contributed by atoms with Crippen molar-refractivity contribution in [2.45, 2.75) is 38.2 Å². The third-order valence-corrected chi connectivity index (χ3v) is 3.28. The van der Waals surface area contributed by atoms with Gasteiger partial charge in [-0.3, -0.25) is 0 Å². The number of phenolic OH excluding ortho intramolecular Hbond substituents is 1. The molecule has 94 valence electrons. The van der Waals surface area contributed by atoms with Gasteiger partial charge in [0.05, 0.1) is 11.8 Å². The quantitative estimate of drug-likeness (QED) is 0.873. The van der Waals surface area contributed by atoms with Gasteiger partial charge in [-0.2, -0.15) is 0 Å². The van der Waals surface area contributed by atoms with E-state index in [4.69, 9.17) is 4.74 Å². The Bertz CT molecular complexity index is 370. The van der Waals surface area contributed by atoms with E-state index in [0.29, 0.717) is 6.10 Å². The molecule has 0 aromatic heterocycles. The minimum atomic E-state index is 0.281. The molecule has 17 heavy (non-hydrogen) atoms. The Morgan fingerprint density at radius 3 is 2.47 bits per heavy atom. The first kappa shape index (κ1) is 12.1. The van der Waals surface area contributed by atoms with E-state index >= 15 is 0 Å². The first-order valence-corrected chi connectivity index (χ1v) is 6.34. The van der Waals surface area contributed by atoms with E-state index in [1.54, 1.807) is 6.07 Å². The lowest BCUT2D eigenvalue weighted by Gasteiger charge is -2.23. The molecule has 0 atom stereocenters. The molecule has 0 saturated heterocycles. The summed E-state index contributed by atoms with van der Waals surface area (Å²) in [6, 6.07) is 5.54. The Labute approximate surface area is 103 Å². The van der Waals surface area contributed by atoms with Crippen LogP contribution >= 0.6 is 0 Å². The topological polar surface area (TPSA) is 32.7 Å². The zero-order chi connectivity index (χ0) is 12.3. The molecule has 0 spiro atoms. The Balaban J connectivity index is 2.04. The summed E-state index contributed by atoms with van der Waals surface area (Å²) in [6.07, 6.45) is 6.43. The molecule has 1 aliphatic carbocycles. The average molecular weight is 235 g/mol. The van der Waals surface area contributed by atoms with E-state index in [-0.39, 0.29) is 5.75 Å². The van der Waals surface area contributed by atoms with Crippen molar-refractivity contribution in [3.05, 3.63) is 18.2 Å². The predicted molar refractivity (Wildman–Crippen MR) is 69.9 cm³/mol. The molecular formula is C14H21NO2. The highest BCUT2D eigenvalue weighted by Crippen LogP contribution is 2.31. The Morgan fingerprint density at radius 1 is 1.18 bits per heavy atom. The summed E-state index contributed by atoms with van der Waals surface area (Å²) >= 11 is 0. The molecule has 0 aliphatic heterocycles. The fourth-order valence-corrected chi connectivity index (χ4v) is 2.33. The summed E-state index contributed by atoms with van der Waals surface area (Å²) in [5.74, 6) is 1.06. The van der Waals surface area contributed by atoms with Gasteiger partial charge in [-0.15, -0.1) is 0 Å². The van der Waals surface area contributed by atoms with Crippen LogP contribution in [-0.2, 0) is 0 Å². The van der Waals surface area contributed by atoms with Gasteiger partial charge in [-0.1, -0.05) is 6.42 Å². The molecule has 1 saturated carbocycles. The normalized spacial score (nSPS) is 16.8. The van der Waals surface area contributed by atoms with Crippen molar-refractivity contribution in [2.24, 2.45) is 0 Å². The number of ether oxygens (including phenoxy) is 1. The lowest BCUT2D eigenvalue weighted by atomic mass is 9.98. The lowest BCUT2D eigenvalue weighted by Crippen LogP contribution is -2.19. The summed E-state index contributed by atoms with van der Waals surface area (Å²) < 4.78 is 5.89. The van der Waals surface area contributed by atoms with Crippen LogP contribution in [-0.4, -0.2) is 25.3 Å². The van der Waals surface area contributed by atoms with E-state index in [1.807, 2.05) is 31.1 Å². The maximum Gasteiger partial charge on any atom is 0.142 e. The van der Waals surface area contributed by atoms with Crippen LogP contribution in [0, 0.1) is 0 Å². The second-order valence-corrected chi connectivity index (χ2v) is 4.92. The highest BCUT2D eigenvalue weighted by Gasteiger charge is 2.15. The molecule has 1 aromatic rings. The number of anilines is 1. The third kappa shape index (κ3) is 3.05. The highest BCUT2D eigenvalue weighted by atomic mass is 16.5. The van der Waals surface area contributed by atoms with Crippen LogP contribution in [0.1, 0.15) is 32.1 Å². The van der Waals surface area contributed by atoms with Crippen molar-refractivity contribution >= 4 is 5.69 Å². The maximum absolute atomic E-state index is 9.87. The van der Waals surface area contributed by atoms with E-state index in [9.17, 15) is 5.11 Å². The first-order chi connectivity index (χ1) is 8.16. The van der Waals surface area contributed by atoms with Crippen molar-refractivity contribution in [2.75, 3.05) is 19.0 Å². The minimum absolute atomic E-state index is 0.281. The second kappa shape index (κ2) is 5.30. The third-order valence-electron chi connectivity index (χ3n) is 3.28. The number of hydrogen-bond donors (Lipinski definition) is 1. The minimum Gasteiger partial charge on any atom is -0.506 e. The number of benzene rings is 1. The van der Waals surface area contributed by atoms with Gasteiger partial charge in [0.15, 0.2) is 0 Å². The van der Waals surface area contributed by atoms with Crippen LogP contribution in [0.2, 0.25) is 0 Å². The predicted octanol–water partition coefficient (Wildman–Crippen LogP) is 3.17. The van der Waals surface area contributed by atoms with E-state index < -0.39 is 0 Å². The van der Waals surface area contributed by atoms with Crippen LogP contribution < -0.4 is 9.64 Å². The van der Waals surface area contributed by atoms with Gasteiger partial charge in [-0.05, 0) is 37.8 Å². The molecule has 1 N–H and O–H groups in total. The molecule has 1 aliphatic rings. The van der Waals surface area contributed by atoms with Crippen molar-refractivity contribution in [3.63, 3.8) is 0 Å². The van der Waals surface area contributed by atoms with Crippen LogP contribution in [0.25, 0.3) is 0 Å². The molecule has 1 fully saturated rings. The molecule has 3 nitrogen and oxygen atoms in total. The molecule has 0 amide bonds. The van der Waals surface area contributed by atoms with E-state index in [1.165, 1.54) is 19.3 Å². The molecule has 0 radical (unpaired) electrons. The molecule has 3 heteroatoms. The monoisotopic (exact) mass is 235 g/mol. The number of rotatable bonds is 3. The van der Waals surface area contributed by atoms with Gasteiger partial charge in [0, 0.05) is 20.2 Å².